The van der Waals surface area contributed by atoms with E-state index in [1.54, 1.807) is 0 Å². The number of rotatable bonds is 1. The van der Waals surface area contributed by atoms with Crippen LogP contribution in [0, 0.1) is 5.82 Å². The Morgan fingerprint density at radius 1 is 1.27 bits per heavy atom. The number of hydrogen-bond acceptors (Lipinski definition) is 1. The quantitative estimate of drug-likeness (QED) is 0.449. The molecule has 1 aromatic rings. The Balaban J connectivity index is 3.14. The monoisotopic (exact) mass is 164 g/mol. The van der Waals surface area contributed by atoms with E-state index in [4.69, 9.17) is 0 Å². The minimum Gasteiger partial charge on any atom is -0.445 e. The Kier molecular flexibility index (Phi) is 1.84. The van der Waals surface area contributed by atoms with E-state index in [1.807, 2.05) is 0 Å². The van der Waals surface area contributed by atoms with Gasteiger partial charge in [0.2, 0.25) is 0 Å². The van der Waals surface area contributed by atoms with Crippen LogP contribution in [0.4, 0.5) is 17.3 Å². The average Bonchev–Trinajstić information content (AvgIpc) is 1.86. The maximum Gasteiger partial charge on any atom is 0.514 e. The predicted molar refractivity (Wildman–Crippen MR) is 32.9 cm³/mol. The summed E-state index contributed by atoms with van der Waals surface area (Å²) in [4.78, 5) is 3.17. The lowest BCUT2D eigenvalue weighted by Crippen LogP contribution is -2.36. The maximum absolute atomic E-state index is 12.3. The lowest BCUT2D eigenvalue weighted by molar-refractivity contribution is 0.493. The second-order valence-electron chi connectivity index (χ2n) is 1.97. The maximum atomic E-state index is 12.3. The van der Waals surface area contributed by atoms with Crippen molar-refractivity contribution in [3.05, 3.63) is 24.3 Å². The summed E-state index contributed by atoms with van der Waals surface area (Å²) in [7, 11) is 0. The van der Waals surface area contributed by atoms with E-state index in [2.05, 4.69) is 4.98 Å². The zero-order valence-electron chi connectivity index (χ0n) is 5.27. The zero-order valence-corrected chi connectivity index (χ0v) is 5.27. The number of aromatic nitrogens is 1. The van der Waals surface area contributed by atoms with Crippen molar-refractivity contribution in [1.82, 2.24) is 4.98 Å². The molecule has 0 aliphatic heterocycles. The molecule has 0 atom stereocenters. The molecule has 0 bridgehead atoms. The topological polar surface area (TPSA) is 12.9 Å². The molecule has 11 heavy (non-hydrogen) atoms. The summed E-state index contributed by atoms with van der Waals surface area (Å²) in [5.41, 5.74) is -1.27. The van der Waals surface area contributed by atoms with E-state index >= 15 is 0 Å². The van der Waals surface area contributed by atoms with Crippen LogP contribution in [-0.2, 0) is 0 Å². The van der Waals surface area contributed by atoms with Crippen molar-refractivity contribution in [3.63, 3.8) is 0 Å². The molecule has 0 aromatic carbocycles. The molecule has 1 rings (SSSR count). The molecule has 0 amide bonds. The molecule has 60 valence electrons. The Morgan fingerprint density at radius 3 is 2.27 bits per heavy atom. The first-order chi connectivity index (χ1) is 5.02. The molecular weight excluding hydrogens is 161 g/mol. The molecule has 1 heterocycles. The van der Waals surface area contributed by atoms with Crippen molar-refractivity contribution in [2.75, 3.05) is 0 Å². The second kappa shape index (κ2) is 2.52. The van der Waals surface area contributed by atoms with Crippen LogP contribution in [0.5, 0.6) is 0 Å². The first kappa shape index (κ1) is 8.04. The minimum atomic E-state index is -5.27. The Hall–Kier alpha value is -1.07. The van der Waals surface area contributed by atoms with Gasteiger partial charge in [-0.25, -0.2) is 4.39 Å². The molecule has 0 radical (unpaired) electrons. The van der Waals surface area contributed by atoms with Gasteiger partial charge in [0.1, 0.15) is 0 Å². The number of hydrogen-bond donors (Lipinski definition) is 0. The summed E-state index contributed by atoms with van der Waals surface area (Å²) in [6, 6.07) is 0.685. The SMILES string of the molecule is Fc1ccncc1[B-](F)(F)F. The van der Waals surface area contributed by atoms with Crippen LogP contribution in [0.2, 0.25) is 0 Å². The van der Waals surface area contributed by atoms with Gasteiger partial charge in [-0.15, -0.1) is 0 Å². The van der Waals surface area contributed by atoms with E-state index in [0.717, 1.165) is 6.20 Å². The van der Waals surface area contributed by atoms with E-state index in [9.17, 15) is 17.3 Å². The normalized spacial score (nSPS) is 11.6. The summed E-state index contributed by atoms with van der Waals surface area (Å²) < 4.78 is 47.8. The Morgan fingerprint density at radius 2 is 1.91 bits per heavy atom. The van der Waals surface area contributed by atoms with Gasteiger partial charge in [-0.1, -0.05) is 5.46 Å². The van der Waals surface area contributed by atoms with Crippen molar-refractivity contribution in [2.45, 2.75) is 0 Å². The zero-order chi connectivity index (χ0) is 8.48. The summed E-state index contributed by atoms with van der Waals surface area (Å²) >= 11 is 0. The van der Waals surface area contributed by atoms with Gasteiger partial charge in [0.25, 0.3) is 0 Å². The van der Waals surface area contributed by atoms with Gasteiger partial charge in [0.05, 0.1) is 5.82 Å². The van der Waals surface area contributed by atoms with Gasteiger partial charge in [0, 0.05) is 12.4 Å². The fourth-order valence-electron chi connectivity index (χ4n) is 0.631. The van der Waals surface area contributed by atoms with E-state index < -0.39 is 18.3 Å². The summed E-state index contributed by atoms with van der Waals surface area (Å²) in [6.45, 7) is -5.27. The van der Waals surface area contributed by atoms with Crippen molar-refractivity contribution < 1.29 is 17.3 Å². The molecule has 1 aromatic heterocycles. The predicted octanol–water partition coefficient (Wildman–Crippen LogP) is 1.28. The Labute approximate surface area is 60.1 Å². The van der Waals surface area contributed by atoms with E-state index in [0.29, 0.717) is 12.3 Å². The molecule has 0 unspecified atom stereocenters. The highest BCUT2D eigenvalue weighted by Crippen LogP contribution is 2.09. The molecule has 0 spiro atoms. The molecule has 0 aliphatic rings. The molecule has 0 N–H and O–H groups in total. The van der Waals surface area contributed by atoms with Gasteiger partial charge in [-0.2, -0.15) is 0 Å². The van der Waals surface area contributed by atoms with Gasteiger partial charge in [-0.05, 0) is 6.07 Å². The molecule has 0 fully saturated rings. The fourth-order valence-corrected chi connectivity index (χ4v) is 0.631. The van der Waals surface area contributed by atoms with Gasteiger partial charge >= 0.3 is 6.98 Å². The Bertz CT molecular complexity index is 259. The van der Waals surface area contributed by atoms with Crippen LogP contribution in [0.1, 0.15) is 0 Å². The first-order valence-electron chi connectivity index (χ1n) is 2.81. The largest absolute Gasteiger partial charge is 0.514 e. The summed E-state index contributed by atoms with van der Waals surface area (Å²) in [5, 5.41) is 0. The lowest BCUT2D eigenvalue weighted by atomic mass is 9.81. The summed E-state index contributed by atoms with van der Waals surface area (Å²) in [5.74, 6) is -1.27. The number of halogens is 4. The third-order valence-electron chi connectivity index (χ3n) is 1.15. The van der Waals surface area contributed by atoms with Gasteiger partial charge in [-0.3, -0.25) is 4.98 Å². The molecule has 0 aliphatic carbocycles. The van der Waals surface area contributed by atoms with Crippen molar-refractivity contribution in [3.8, 4) is 0 Å². The molecule has 0 saturated heterocycles. The van der Waals surface area contributed by atoms with Crippen LogP contribution < -0.4 is 5.46 Å². The number of nitrogens with zero attached hydrogens (tertiary/aromatic N) is 1. The third kappa shape index (κ3) is 1.69. The second-order valence-corrected chi connectivity index (χ2v) is 1.97. The highest BCUT2D eigenvalue weighted by atomic mass is 19.4. The fraction of sp³-hybridized carbons (Fsp3) is 0. The standard InChI is InChI=1S/C5H3BF4N/c7-5-1-2-11-3-4(5)6(8,9)10/h1-3H/q-1. The van der Waals surface area contributed by atoms with Crippen LogP contribution in [-0.4, -0.2) is 12.0 Å². The van der Waals surface area contributed by atoms with Crippen LogP contribution in [0.15, 0.2) is 18.5 Å². The third-order valence-corrected chi connectivity index (χ3v) is 1.15. The van der Waals surface area contributed by atoms with Crippen LogP contribution in [0.3, 0.4) is 0 Å². The van der Waals surface area contributed by atoms with E-state index in [1.165, 1.54) is 0 Å². The first-order valence-corrected chi connectivity index (χ1v) is 2.81. The summed E-state index contributed by atoms with van der Waals surface area (Å²) in [6.07, 6.45) is 1.45. The van der Waals surface area contributed by atoms with Crippen LogP contribution >= 0.6 is 0 Å². The molecule has 6 heteroatoms. The molecule has 1 nitrogen and oxygen atoms in total. The van der Waals surface area contributed by atoms with Crippen molar-refractivity contribution >= 4 is 12.4 Å². The van der Waals surface area contributed by atoms with Crippen molar-refractivity contribution in [2.24, 2.45) is 0 Å². The lowest BCUT2D eigenvalue weighted by Gasteiger charge is -2.13. The average molecular weight is 164 g/mol. The van der Waals surface area contributed by atoms with Crippen molar-refractivity contribution in [1.29, 1.82) is 0 Å². The number of pyridine rings is 1. The molecular formula is C5H3BF4N-. The highest BCUT2D eigenvalue weighted by molar-refractivity contribution is 6.73. The highest BCUT2D eigenvalue weighted by Gasteiger charge is 2.28. The van der Waals surface area contributed by atoms with Crippen LogP contribution in [0.25, 0.3) is 0 Å². The van der Waals surface area contributed by atoms with Gasteiger partial charge < -0.3 is 12.9 Å². The molecule has 0 saturated carbocycles. The van der Waals surface area contributed by atoms with E-state index in [-0.39, 0.29) is 0 Å². The smallest absolute Gasteiger partial charge is 0.445 e. The minimum absolute atomic E-state index is 0.481. The van der Waals surface area contributed by atoms with Gasteiger partial charge in [0.15, 0.2) is 0 Å².